The zero-order chi connectivity index (χ0) is 15.4. The third-order valence-corrected chi connectivity index (χ3v) is 3.34. The zero-order valence-corrected chi connectivity index (χ0v) is 13.0. The van der Waals surface area contributed by atoms with E-state index in [1.807, 2.05) is 0 Å². The number of esters is 1. The third-order valence-electron chi connectivity index (χ3n) is 2.21. The maximum absolute atomic E-state index is 11.6. The van der Waals surface area contributed by atoms with E-state index < -0.39 is 15.4 Å². The summed E-state index contributed by atoms with van der Waals surface area (Å²) < 4.78 is 28.3. The van der Waals surface area contributed by atoms with Crippen molar-refractivity contribution in [2.45, 2.75) is 37.7 Å². The van der Waals surface area contributed by atoms with Crippen molar-refractivity contribution in [3.8, 4) is 0 Å². The van der Waals surface area contributed by atoms with Gasteiger partial charge in [0.1, 0.15) is 16.3 Å². The number of nitrogens with zero attached hydrogens (tertiary/aromatic N) is 1. The Morgan fingerprint density at radius 2 is 2.05 bits per heavy atom. The van der Waals surface area contributed by atoms with E-state index in [4.69, 9.17) is 4.74 Å². The Bertz CT molecular complexity index is 576. The minimum Gasteiger partial charge on any atom is -0.460 e. The highest BCUT2D eigenvalue weighted by atomic mass is 32.2. The van der Waals surface area contributed by atoms with Crippen LogP contribution >= 0.6 is 0 Å². The highest BCUT2D eigenvalue weighted by Crippen LogP contribution is 2.17. The molecule has 0 amide bonds. The standard InChI is InChI=1S/C13H20N2O4S/c1-13(2,3)19-11(16)7-9-15-12-10(20(4,17)18)6-5-8-14-12/h5-6,8H,7,9H2,1-4H3,(H,14,15). The third kappa shape index (κ3) is 5.56. The molecule has 0 bridgehead atoms. The second-order valence-electron chi connectivity index (χ2n) is 5.39. The molecule has 20 heavy (non-hydrogen) atoms. The van der Waals surface area contributed by atoms with E-state index in [0.29, 0.717) is 0 Å². The molecule has 0 saturated carbocycles. The second-order valence-corrected chi connectivity index (χ2v) is 7.37. The molecule has 0 aliphatic rings. The number of carbonyl (C=O) groups excluding carboxylic acids is 1. The summed E-state index contributed by atoms with van der Waals surface area (Å²) in [5, 5.41) is 2.85. The van der Waals surface area contributed by atoms with Crippen molar-refractivity contribution >= 4 is 21.6 Å². The van der Waals surface area contributed by atoms with E-state index in [1.54, 1.807) is 26.8 Å². The lowest BCUT2D eigenvalue weighted by Gasteiger charge is -2.19. The van der Waals surface area contributed by atoms with E-state index in [-0.39, 0.29) is 29.6 Å². The van der Waals surface area contributed by atoms with Crippen LogP contribution < -0.4 is 5.32 Å². The van der Waals surface area contributed by atoms with Crippen molar-refractivity contribution < 1.29 is 17.9 Å². The van der Waals surface area contributed by atoms with Crippen molar-refractivity contribution in [2.24, 2.45) is 0 Å². The van der Waals surface area contributed by atoms with Crippen LogP contribution in [0.5, 0.6) is 0 Å². The lowest BCUT2D eigenvalue weighted by molar-refractivity contribution is -0.154. The molecule has 1 heterocycles. The molecule has 7 heteroatoms. The van der Waals surface area contributed by atoms with Gasteiger partial charge in [-0.15, -0.1) is 0 Å². The molecule has 0 aromatic carbocycles. The van der Waals surface area contributed by atoms with E-state index in [1.165, 1.54) is 12.3 Å². The molecule has 1 aromatic rings. The van der Waals surface area contributed by atoms with Crippen molar-refractivity contribution in [3.05, 3.63) is 18.3 Å². The van der Waals surface area contributed by atoms with E-state index in [2.05, 4.69) is 10.3 Å². The maximum Gasteiger partial charge on any atom is 0.308 e. The Labute approximate surface area is 119 Å². The summed E-state index contributed by atoms with van der Waals surface area (Å²) in [5.41, 5.74) is -0.528. The van der Waals surface area contributed by atoms with Crippen LogP contribution in [0.2, 0.25) is 0 Å². The fourth-order valence-corrected chi connectivity index (χ4v) is 2.30. The van der Waals surface area contributed by atoms with Gasteiger partial charge in [0, 0.05) is 19.0 Å². The van der Waals surface area contributed by atoms with Gasteiger partial charge in [0.25, 0.3) is 0 Å². The fraction of sp³-hybridized carbons (Fsp3) is 0.538. The van der Waals surface area contributed by atoms with Gasteiger partial charge in [0.2, 0.25) is 0 Å². The van der Waals surface area contributed by atoms with Crippen LogP contribution in [-0.4, -0.2) is 37.8 Å². The van der Waals surface area contributed by atoms with Crippen LogP contribution in [0.4, 0.5) is 5.82 Å². The highest BCUT2D eigenvalue weighted by Gasteiger charge is 2.17. The first-order valence-electron chi connectivity index (χ1n) is 6.20. The van der Waals surface area contributed by atoms with Crippen LogP contribution in [0.25, 0.3) is 0 Å². The minimum absolute atomic E-state index is 0.115. The molecule has 0 aliphatic carbocycles. The predicted molar refractivity (Wildman–Crippen MR) is 76.3 cm³/mol. The number of anilines is 1. The lowest BCUT2D eigenvalue weighted by Crippen LogP contribution is -2.25. The van der Waals surface area contributed by atoms with Gasteiger partial charge in [-0.05, 0) is 32.9 Å². The maximum atomic E-state index is 11.6. The number of pyridine rings is 1. The second kappa shape index (κ2) is 6.21. The molecule has 0 spiro atoms. The van der Waals surface area contributed by atoms with Gasteiger partial charge in [-0.2, -0.15) is 0 Å². The van der Waals surface area contributed by atoms with E-state index in [0.717, 1.165) is 6.26 Å². The summed E-state index contributed by atoms with van der Waals surface area (Å²) in [6.07, 6.45) is 2.74. The largest absolute Gasteiger partial charge is 0.460 e. The van der Waals surface area contributed by atoms with Crippen LogP contribution in [0.3, 0.4) is 0 Å². The molecule has 0 radical (unpaired) electrons. The van der Waals surface area contributed by atoms with Crippen molar-refractivity contribution in [2.75, 3.05) is 18.1 Å². The van der Waals surface area contributed by atoms with Gasteiger partial charge in [-0.3, -0.25) is 4.79 Å². The van der Waals surface area contributed by atoms with Gasteiger partial charge in [-0.25, -0.2) is 13.4 Å². The number of aromatic nitrogens is 1. The SMILES string of the molecule is CC(C)(C)OC(=O)CCNc1ncccc1S(C)(=O)=O. The molecule has 0 saturated heterocycles. The van der Waals surface area contributed by atoms with Crippen molar-refractivity contribution in [3.63, 3.8) is 0 Å². The minimum atomic E-state index is -3.35. The van der Waals surface area contributed by atoms with E-state index >= 15 is 0 Å². The highest BCUT2D eigenvalue weighted by molar-refractivity contribution is 7.90. The monoisotopic (exact) mass is 300 g/mol. The molecule has 0 fully saturated rings. The van der Waals surface area contributed by atoms with Gasteiger partial charge < -0.3 is 10.1 Å². The van der Waals surface area contributed by atoms with E-state index in [9.17, 15) is 13.2 Å². The van der Waals surface area contributed by atoms with Crippen molar-refractivity contribution in [1.29, 1.82) is 0 Å². The van der Waals surface area contributed by atoms with Crippen LogP contribution in [0, 0.1) is 0 Å². The summed E-state index contributed by atoms with van der Waals surface area (Å²) in [5.74, 6) is -0.0969. The van der Waals surface area contributed by atoms with Gasteiger partial charge in [0.15, 0.2) is 9.84 Å². The summed E-state index contributed by atoms with van der Waals surface area (Å²) in [7, 11) is -3.35. The fourth-order valence-electron chi connectivity index (χ4n) is 1.50. The number of ether oxygens (including phenoxy) is 1. The summed E-state index contributed by atoms with van der Waals surface area (Å²) in [4.78, 5) is 15.6. The van der Waals surface area contributed by atoms with Gasteiger partial charge in [0.05, 0.1) is 6.42 Å². The smallest absolute Gasteiger partial charge is 0.308 e. The topological polar surface area (TPSA) is 85.4 Å². The predicted octanol–water partition coefficient (Wildman–Crippen LogP) is 1.63. The quantitative estimate of drug-likeness (QED) is 0.832. The van der Waals surface area contributed by atoms with Crippen LogP contribution in [0.1, 0.15) is 27.2 Å². The lowest BCUT2D eigenvalue weighted by atomic mass is 10.2. The molecule has 1 aromatic heterocycles. The zero-order valence-electron chi connectivity index (χ0n) is 12.1. The average molecular weight is 300 g/mol. The Morgan fingerprint density at radius 1 is 1.40 bits per heavy atom. The number of rotatable bonds is 5. The number of nitrogens with one attached hydrogen (secondary N) is 1. The molecule has 0 atom stereocenters. The first-order valence-corrected chi connectivity index (χ1v) is 8.09. The number of sulfone groups is 1. The Balaban J connectivity index is 2.62. The molecule has 112 valence electrons. The molecule has 0 unspecified atom stereocenters. The number of hydrogen-bond acceptors (Lipinski definition) is 6. The molecule has 6 nitrogen and oxygen atoms in total. The van der Waals surface area contributed by atoms with Crippen molar-refractivity contribution in [1.82, 2.24) is 4.98 Å². The van der Waals surface area contributed by atoms with Gasteiger partial charge >= 0.3 is 5.97 Å². The Morgan fingerprint density at radius 3 is 2.60 bits per heavy atom. The summed E-state index contributed by atoms with van der Waals surface area (Å²) in [6.45, 7) is 5.63. The molecular formula is C13H20N2O4S. The van der Waals surface area contributed by atoms with Crippen LogP contribution in [0.15, 0.2) is 23.2 Å². The normalized spacial score (nSPS) is 12.0. The average Bonchev–Trinajstić information content (AvgIpc) is 2.25. The summed E-state index contributed by atoms with van der Waals surface area (Å²) >= 11 is 0. The molecule has 1 rings (SSSR count). The van der Waals surface area contributed by atoms with Gasteiger partial charge in [-0.1, -0.05) is 0 Å². The Kier molecular flexibility index (Phi) is 5.10. The van der Waals surface area contributed by atoms with Crippen LogP contribution in [-0.2, 0) is 19.4 Å². The first kappa shape index (κ1) is 16.4. The summed E-state index contributed by atoms with van der Waals surface area (Å²) in [6, 6.07) is 3.02. The first-order chi connectivity index (χ1) is 9.09. The Hall–Kier alpha value is -1.63. The molecule has 1 N–H and O–H groups in total. The molecular weight excluding hydrogens is 280 g/mol. The number of carbonyl (C=O) groups is 1. The molecule has 0 aliphatic heterocycles. The number of hydrogen-bond donors (Lipinski definition) is 1.